The second-order valence-corrected chi connectivity index (χ2v) is 6.75. The summed E-state index contributed by atoms with van der Waals surface area (Å²) in [5, 5.41) is 2.56. The van der Waals surface area contributed by atoms with Gasteiger partial charge in [-0.15, -0.1) is 11.3 Å². The van der Waals surface area contributed by atoms with E-state index in [0.29, 0.717) is 23.8 Å². The predicted molar refractivity (Wildman–Crippen MR) is 98.2 cm³/mol. The number of fused-ring (bicyclic) bond motifs is 1. The number of ether oxygens (including phenoxy) is 2. The molecule has 0 fully saturated rings. The summed E-state index contributed by atoms with van der Waals surface area (Å²) in [6.45, 7) is 1.07. The maximum Gasteiger partial charge on any atom is 0.293 e. The lowest BCUT2D eigenvalue weighted by molar-refractivity contribution is 0.103. The van der Waals surface area contributed by atoms with Crippen molar-refractivity contribution in [2.45, 2.75) is 0 Å². The van der Waals surface area contributed by atoms with E-state index in [4.69, 9.17) is 9.47 Å². The van der Waals surface area contributed by atoms with Gasteiger partial charge in [0.2, 0.25) is 0 Å². The summed E-state index contributed by atoms with van der Waals surface area (Å²) in [6, 6.07) is 9.27. The van der Waals surface area contributed by atoms with Gasteiger partial charge in [-0.2, -0.15) is 0 Å². The topological polar surface area (TPSA) is 82.5 Å². The van der Waals surface area contributed by atoms with Crippen molar-refractivity contribution in [1.29, 1.82) is 0 Å². The van der Waals surface area contributed by atoms with Crippen LogP contribution in [0.5, 0.6) is 11.5 Å². The molecular formula is C18H15N3O4S. The minimum absolute atomic E-state index is 0.00859. The second kappa shape index (κ2) is 6.64. The van der Waals surface area contributed by atoms with Crippen molar-refractivity contribution in [3.8, 4) is 21.9 Å². The Labute approximate surface area is 152 Å². The first kappa shape index (κ1) is 16.3. The number of hydrogen-bond donors (Lipinski definition) is 1. The molecule has 0 radical (unpaired) electrons. The number of thiophene rings is 1. The number of hydrogen-bond acceptors (Lipinski definition) is 6. The zero-order valence-corrected chi connectivity index (χ0v) is 14.7. The Bertz CT molecular complexity index is 1040. The number of rotatable bonds is 3. The molecule has 0 atom stereocenters. The molecule has 0 spiro atoms. The van der Waals surface area contributed by atoms with E-state index in [9.17, 15) is 9.59 Å². The molecule has 8 heteroatoms. The quantitative estimate of drug-likeness (QED) is 0.767. The van der Waals surface area contributed by atoms with E-state index in [-0.39, 0.29) is 17.3 Å². The van der Waals surface area contributed by atoms with E-state index in [1.165, 1.54) is 28.3 Å². The summed E-state index contributed by atoms with van der Waals surface area (Å²) < 4.78 is 12.5. The Hall–Kier alpha value is -3.13. The zero-order valence-electron chi connectivity index (χ0n) is 13.9. The van der Waals surface area contributed by atoms with Crippen LogP contribution in [0.1, 0.15) is 9.67 Å². The molecule has 0 aliphatic carbocycles. The van der Waals surface area contributed by atoms with E-state index < -0.39 is 0 Å². The number of nitrogens with zero attached hydrogens (tertiary/aromatic N) is 2. The van der Waals surface area contributed by atoms with Crippen LogP contribution in [0, 0.1) is 0 Å². The Kier molecular flexibility index (Phi) is 4.18. The van der Waals surface area contributed by atoms with Crippen LogP contribution in [0.15, 0.2) is 47.5 Å². The third kappa shape index (κ3) is 3.06. The summed E-state index contributed by atoms with van der Waals surface area (Å²) in [5.74, 6) is 1.06. The highest BCUT2D eigenvalue weighted by molar-refractivity contribution is 7.17. The van der Waals surface area contributed by atoms with E-state index in [1.54, 1.807) is 13.1 Å². The van der Waals surface area contributed by atoms with Crippen molar-refractivity contribution in [2.75, 3.05) is 18.5 Å². The van der Waals surface area contributed by atoms with Gasteiger partial charge in [0.1, 0.15) is 13.2 Å². The molecule has 1 amide bonds. The summed E-state index contributed by atoms with van der Waals surface area (Å²) >= 11 is 1.33. The molecule has 0 saturated carbocycles. The summed E-state index contributed by atoms with van der Waals surface area (Å²) in [4.78, 5) is 29.7. The van der Waals surface area contributed by atoms with Gasteiger partial charge in [-0.3, -0.25) is 9.59 Å². The first-order chi connectivity index (χ1) is 12.6. The van der Waals surface area contributed by atoms with Gasteiger partial charge in [-0.05, 0) is 35.9 Å². The van der Waals surface area contributed by atoms with Gasteiger partial charge in [0.15, 0.2) is 17.3 Å². The van der Waals surface area contributed by atoms with E-state index in [2.05, 4.69) is 10.3 Å². The number of carbonyl (C=O) groups excluding carboxylic acids is 1. The maximum atomic E-state index is 12.4. The van der Waals surface area contributed by atoms with Crippen molar-refractivity contribution >= 4 is 23.1 Å². The molecule has 132 valence electrons. The molecule has 1 N–H and O–H groups in total. The number of anilines is 1. The SMILES string of the molecule is Cn1ccnc(NC(=O)c2ccc(-c3ccc4c(c3)OCCO4)s2)c1=O. The predicted octanol–water partition coefficient (Wildman–Crippen LogP) is 2.53. The number of carbonyl (C=O) groups is 1. The van der Waals surface area contributed by atoms with E-state index in [0.717, 1.165) is 16.2 Å². The monoisotopic (exact) mass is 369 g/mol. The zero-order chi connectivity index (χ0) is 18.1. The Morgan fingerprint density at radius 2 is 2.00 bits per heavy atom. The highest BCUT2D eigenvalue weighted by Gasteiger charge is 2.16. The van der Waals surface area contributed by atoms with Gasteiger partial charge in [0, 0.05) is 24.3 Å². The summed E-state index contributed by atoms with van der Waals surface area (Å²) in [7, 11) is 1.60. The van der Waals surface area contributed by atoms with E-state index >= 15 is 0 Å². The van der Waals surface area contributed by atoms with E-state index in [1.807, 2.05) is 24.3 Å². The molecule has 0 bridgehead atoms. The van der Waals surface area contributed by atoms with Crippen LogP contribution in [-0.4, -0.2) is 28.7 Å². The Morgan fingerprint density at radius 3 is 2.85 bits per heavy atom. The number of aryl methyl sites for hydroxylation is 1. The second-order valence-electron chi connectivity index (χ2n) is 5.67. The molecule has 3 heterocycles. The third-order valence-electron chi connectivity index (χ3n) is 3.91. The highest BCUT2D eigenvalue weighted by Crippen LogP contribution is 2.36. The van der Waals surface area contributed by atoms with Crippen LogP contribution in [0.4, 0.5) is 5.82 Å². The molecule has 0 unspecified atom stereocenters. The molecule has 3 aromatic rings. The molecule has 1 aliphatic rings. The lowest BCUT2D eigenvalue weighted by Gasteiger charge is -2.18. The summed E-state index contributed by atoms with van der Waals surface area (Å²) in [5.41, 5.74) is 0.580. The molecule has 26 heavy (non-hydrogen) atoms. The minimum Gasteiger partial charge on any atom is -0.486 e. The minimum atomic E-state index is -0.366. The van der Waals surface area contributed by atoms with Crippen molar-refractivity contribution in [2.24, 2.45) is 7.05 Å². The lowest BCUT2D eigenvalue weighted by atomic mass is 10.1. The largest absolute Gasteiger partial charge is 0.486 e. The number of aromatic nitrogens is 2. The van der Waals surface area contributed by atoms with Gasteiger partial charge in [0.05, 0.1) is 4.88 Å². The first-order valence-corrected chi connectivity index (χ1v) is 8.76. The fourth-order valence-electron chi connectivity index (χ4n) is 2.56. The van der Waals surface area contributed by atoms with Gasteiger partial charge in [0.25, 0.3) is 11.5 Å². The molecule has 0 saturated heterocycles. The third-order valence-corrected chi connectivity index (χ3v) is 5.04. The average molecular weight is 369 g/mol. The van der Waals surface area contributed by atoms with Crippen molar-refractivity contribution in [3.05, 3.63) is 58.0 Å². The number of nitrogens with one attached hydrogen (secondary N) is 1. The Balaban J connectivity index is 1.57. The molecule has 4 rings (SSSR count). The standard InChI is InChI=1S/C18H15N3O4S/c1-21-7-6-19-16(18(21)23)20-17(22)15-5-4-14(26-15)11-2-3-12-13(10-11)25-9-8-24-12/h2-7,10H,8-9H2,1H3,(H,19,20,22). The van der Waals surface area contributed by atoms with Crippen molar-refractivity contribution < 1.29 is 14.3 Å². The fourth-order valence-corrected chi connectivity index (χ4v) is 3.46. The maximum absolute atomic E-state index is 12.4. The van der Waals surface area contributed by atoms with Crippen molar-refractivity contribution in [1.82, 2.24) is 9.55 Å². The first-order valence-electron chi connectivity index (χ1n) is 7.94. The van der Waals surface area contributed by atoms with Crippen molar-refractivity contribution in [3.63, 3.8) is 0 Å². The Morgan fingerprint density at radius 1 is 1.19 bits per heavy atom. The smallest absolute Gasteiger partial charge is 0.293 e. The normalized spacial score (nSPS) is 12.7. The fraction of sp³-hybridized carbons (Fsp3) is 0.167. The van der Waals surface area contributed by atoms with Gasteiger partial charge < -0.3 is 19.4 Å². The molecule has 1 aliphatic heterocycles. The van der Waals surface area contributed by atoms with Gasteiger partial charge in [-0.1, -0.05) is 0 Å². The molecule has 1 aromatic carbocycles. The van der Waals surface area contributed by atoms with Crippen LogP contribution < -0.4 is 20.3 Å². The highest BCUT2D eigenvalue weighted by atomic mass is 32.1. The molecular weight excluding hydrogens is 354 g/mol. The molecule has 7 nitrogen and oxygen atoms in total. The van der Waals surface area contributed by atoms with Crippen LogP contribution in [0.2, 0.25) is 0 Å². The van der Waals surface area contributed by atoms with Crippen LogP contribution in [-0.2, 0) is 7.05 Å². The van der Waals surface area contributed by atoms with Crippen LogP contribution in [0.25, 0.3) is 10.4 Å². The average Bonchev–Trinajstić information content (AvgIpc) is 3.15. The van der Waals surface area contributed by atoms with Crippen LogP contribution in [0.3, 0.4) is 0 Å². The lowest BCUT2D eigenvalue weighted by Crippen LogP contribution is -2.24. The van der Waals surface area contributed by atoms with Gasteiger partial charge >= 0.3 is 0 Å². The number of benzene rings is 1. The molecule has 2 aromatic heterocycles. The van der Waals surface area contributed by atoms with Gasteiger partial charge in [-0.25, -0.2) is 4.98 Å². The number of amides is 1. The van der Waals surface area contributed by atoms with Crippen LogP contribution >= 0.6 is 11.3 Å². The summed E-state index contributed by atoms with van der Waals surface area (Å²) in [6.07, 6.45) is 3.00.